The summed E-state index contributed by atoms with van der Waals surface area (Å²) in [5.74, 6) is -1.90. The van der Waals surface area contributed by atoms with Crippen molar-refractivity contribution in [2.75, 3.05) is 6.61 Å². The number of aliphatic hydroxyl groups is 1. The first-order valence-corrected chi connectivity index (χ1v) is 4.01. The van der Waals surface area contributed by atoms with Crippen molar-refractivity contribution in [3.63, 3.8) is 0 Å². The molecule has 0 unspecified atom stereocenters. The minimum atomic E-state index is -0.950. The molecule has 1 aromatic carbocycles. The van der Waals surface area contributed by atoms with Crippen LogP contribution < -0.4 is 0 Å². The number of rotatable bonds is 2. The largest absolute Gasteiger partial charge is 0.394 e. The van der Waals surface area contributed by atoms with Crippen LogP contribution in [-0.2, 0) is 6.54 Å². The van der Waals surface area contributed by atoms with E-state index in [0.717, 1.165) is 12.1 Å². The van der Waals surface area contributed by atoms with Gasteiger partial charge in [0, 0.05) is 12.1 Å². The zero-order valence-electron chi connectivity index (χ0n) is 7.11. The van der Waals surface area contributed by atoms with Crippen molar-refractivity contribution in [2.24, 2.45) is 0 Å². The Balaban J connectivity index is 2.61. The van der Waals surface area contributed by atoms with Gasteiger partial charge in [0.05, 0.1) is 18.7 Å². The fourth-order valence-corrected chi connectivity index (χ4v) is 1.22. The van der Waals surface area contributed by atoms with Gasteiger partial charge in [-0.2, -0.15) is 0 Å². The van der Waals surface area contributed by atoms with Crippen LogP contribution in [0.5, 0.6) is 0 Å². The van der Waals surface area contributed by atoms with E-state index in [1.54, 1.807) is 0 Å². The van der Waals surface area contributed by atoms with Gasteiger partial charge in [-0.1, -0.05) is 5.21 Å². The number of fused-ring (bicyclic) bond motifs is 1. The molecule has 0 fully saturated rings. The van der Waals surface area contributed by atoms with Crippen molar-refractivity contribution >= 4 is 11.0 Å². The van der Waals surface area contributed by atoms with Crippen LogP contribution in [0.3, 0.4) is 0 Å². The van der Waals surface area contributed by atoms with E-state index in [2.05, 4.69) is 10.3 Å². The summed E-state index contributed by atoms with van der Waals surface area (Å²) in [7, 11) is 0. The molecule has 0 amide bonds. The van der Waals surface area contributed by atoms with E-state index in [-0.39, 0.29) is 18.7 Å². The van der Waals surface area contributed by atoms with Crippen LogP contribution in [0.15, 0.2) is 12.1 Å². The molecule has 0 saturated heterocycles. The lowest BCUT2D eigenvalue weighted by Gasteiger charge is -1.98. The lowest BCUT2D eigenvalue weighted by molar-refractivity contribution is 0.270. The summed E-state index contributed by atoms with van der Waals surface area (Å²) in [6, 6.07) is 1.99. The molecule has 0 radical (unpaired) electrons. The minimum absolute atomic E-state index is 0.128. The van der Waals surface area contributed by atoms with Gasteiger partial charge in [0.2, 0.25) is 0 Å². The molecular weight excluding hydrogens is 192 g/mol. The van der Waals surface area contributed by atoms with Crippen LogP contribution in [0, 0.1) is 11.6 Å². The van der Waals surface area contributed by atoms with Crippen LogP contribution in [0.4, 0.5) is 8.78 Å². The zero-order chi connectivity index (χ0) is 10.1. The maximum Gasteiger partial charge on any atom is 0.161 e. The Hall–Kier alpha value is -1.56. The van der Waals surface area contributed by atoms with Crippen molar-refractivity contribution in [2.45, 2.75) is 6.54 Å². The third kappa shape index (κ3) is 1.33. The topological polar surface area (TPSA) is 50.9 Å². The van der Waals surface area contributed by atoms with Crippen LogP contribution >= 0.6 is 0 Å². The Bertz CT molecular complexity index is 469. The molecule has 4 nitrogen and oxygen atoms in total. The van der Waals surface area contributed by atoms with Gasteiger partial charge in [0.25, 0.3) is 0 Å². The monoisotopic (exact) mass is 199 g/mol. The third-order valence-corrected chi connectivity index (χ3v) is 1.87. The maximum atomic E-state index is 12.8. The fourth-order valence-electron chi connectivity index (χ4n) is 1.22. The molecule has 1 N–H and O–H groups in total. The highest BCUT2D eigenvalue weighted by atomic mass is 19.2. The van der Waals surface area contributed by atoms with Gasteiger partial charge in [0.1, 0.15) is 5.52 Å². The van der Waals surface area contributed by atoms with E-state index in [4.69, 9.17) is 5.11 Å². The molecule has 0 spiro atoms. The second-order valence-electron chi connectivity index (χ2n) is 2.79. The fraction of sp³-hybridized carbons (Fsp3) is 0.250. The van der Waals surface area contributed by atoms with Gasteiger partial charge >= 0.3 is 0 Å². The lowest BCUT2D eigenvalue weighted by atomic mass is 10.3. The predicted octanol–water partition coefficient (Wildman–Crippen LogP) is 0.702. The summed E-state index contributed by atoms with van der Waals surface area (Å²) in [6.07, 6.45) is 0. The highest BCUT2D eigenvalue weighted by Gasteiger charge is 2.09. The molecule has 1 heterocycles. The van der Waals surface area contributed by atoms with Crippen LogP contribution in [-0.4, -0.2) is 26.7 Å². The number of nitrogens with zero attached hydrogens (tertiary/aromatic N) is 3. The van der Waals surface area contributed by atoms with E-state index < -0.39 is 11.6 Å². The van der Waals surface area contributed by atoms with Gasteiger partial charge in [0.15, 0.2) is 11.6 Å². The molecule has 1 aromatic heterocycles. The first-order valence-electron chi connectivity index (χ1n) is 4.01. The van der Waals surface area contributed by atoms with Crippen LogP contribution in [0.2, 0.25) is 0 Å². The standard InChI is InChI=1S/C8H7F2N3O/c9-5-3-7-8(4-6(5)10)13(1-2-14)12-11-7/h3-4,14H,1-2H2. The molecule has 0 atom stereocenters. The zero-order valence-corrected chi connectivity index (χ0v) is 7.11. The highest BCUT2D eigenvalue weighted by molar-refractivity contribution is 5.74. The highest BCUT2D eigenvalue weighted by Crippen LogP contribution is 2.15. The molecule has 6 heteroatoms. The number of hydrogen-bond acceptors (Lipinski definition) is 3. The second kappa shape index (κ2) is 3.30. The molecule has 14 heavy (non-hydrogen) atoms. The Morgan fingerprint density at radius 2 is 2.00 bits per heavy atom. The summed E-state index contributed by atoms with van der Waals surface area (Å²) in [5, 5.41) is 15.9. The minimum Gasteiger partial charge on any atom is -0.394 e. The summed E-state index contributed by atoms with van der Waals surface area (Å²) < 4.78 is 26.9. The molecule has 0 bridgehead atoms. The molecule has 2 rings (SSSR count). The molecular formula is C8H7F2N3O. The van der Waals surface area contributed by atoms with Gasteiger partial charge in [-0.3, -0.25) is 0 Å². The number of benzene rings is 1. The molecule has 74 valence electrons. The molecule has 0 aliphatic rings. The quantitative estimate of drug-likeness (QED) is 0.774. The summed E-state index contributed by atoms with van der Waals surface area (Å²) in [4.78, 5) is 0. The average Bonchev–Trinajstić information content (AvgIpc) is 2.51. The maximum absolute atomic E-state index is 12.8. The van der Waals surface area contributed by atoms with E-state index in [9.17, 15) is 8.78 Å². The first-order chi connectivity index (χ1) is 6.72. The van der Waals surface area contributed by atoms with E-state index >= 15 is 0 Å². The number of hydrogen-bond donors (Lipinski definition) is 1. The summed E-state index contributed by atoms with van der Waals surface area (Å²) in [6.45, 7) is 0.0824. The Kier molecular flexibility index (Phi) is 2.12. The second-order valence-corrected chi connectivity index (χ2v) is 2.79. The predicted molar refractivity (Wildman–Crippen MR) is 44.5 cm³/mol. The van der Waals surface area contributed by atoms with Gasteiger partial charge in [-0.05, 0) is 0 Å². The number of aliphatic hydroxyl groups excluding tert-OH is 1. The van der Waals surface area contributed by atoms with Crippen molar-refractivity contribution < 1.29 is 13.9 Å². The molecule has 0 saturated carbocycles. The van der Waals surface area contributed by atoms with E-state index in [1.807, 2.05) is 0 Å². The molecule has 0 aliphatic heterocycles. The average molecular weight is 199 g/mol. The normalized spacial score (nSPS) is 11.1. The van der Waals surface area contributed by atoms with Crippen LogP contribution in [0.25, 0.3) is 11.0 Å². The lowest BCUT2D eigenvalue weighted by Crippen LogP contribution is -2.03. The Morgan fingerprint density at radius 1 is 1.29 bits per heavy atom. The Labute approximate surface area is 77.8 Å². The number of aromatic nitrogens is 3. The van der Waals surface area contributed by atoms with Crippen LogP contribution in [0.1, 0.15) is 0 Å². The van der Waals surface area contributed by atoms with E-state index in [0.29, 0.717) is 5.52 Å². The smallest absolute Gasteiger partial charge is 0.161 e. The molecule has 0 aliphatic carbocycles. The van der Waals surface area contributed by atoms with Crippen molar-refractivity contribution in [3.8, 4) is 0 Å². The Morgan fingerprint density at radius 3 is 2.71 bits per heavy atom. The van der Waals surface area contributed by atoms with Crippen molar-refractivity contribution in [1.29, 1.82) is 0 Å². The van der Waals surface area contributed by atoms with Gasteiger partial charge in [-0.25, -0.2) is 13.5 Å². The van der Waals surface area contributed by atoms with Crippen molar-refractivity contribution in [1.82, 2.24) is 15.0 Å². The SMILES string of the molecule is OCCn1nnc2cc(F)c(F)cc21. The number of halogens is 2. The summed E-state index contributed by atoms with van der Waals surface area (Å²) >= 11 is 0. The molecule has 2 aromatic rings. The van der Waals surface area contributed by atoms with Gasteiger partial charge in [-0.15, -0.1) is 5.10 Å². The summed E-state index contributed by atoms with van der Waals surface area (Å²) in [5.41, 5.74) is 0.648. The van der Waals surface area contributed by atoms with E-state index in [1.165, 1.54) is 4.68 Å². The first kappa shape index (κ1) is 9.01. The van der Waals surface area contributed by atoms with Crippen molar-refractivity contribution in [3.05, 3.63) is 23.8 Å². The van der Waals surface area contributed by atoms with Gasteiger partial charge < -0.3 is 5.11 Å². The third-order valence-electron chi connectivity index (χ3n) is 1.87.